The third-order valence-electron chi connectivity index (χ3n) is 5.36. The second-order valence-electron chi connectivity index (χ2n) is 7.16. The summed E-state index contributed by atoms with van der Waals surface area (Å²) in [5.41, 5.74) is 2.86. The lowest BCUT2D eigenvalue weighted by Crippen LogP contribution is -2.39. The fraction of sp³-hybridized carbons (Fsp3) is 0.500. The van der Waals surface area contributed by atoms with Gasteiger partial charge in [-0.3, -0.25) is 9.69 Å². The number of nitrogens with one attached hydrogen (secondary N) is 1. The van der Waals surface area contributed by atoms with Gasteiger partial charge in [-0.1, -0.05) is 11.2 Å². The maximum atomic E-state index is 12.6. The van der Waals surface area contributed by atoms with Crippen LogP contribution < -0.4 is 10.1 Å². The molecule has 2 aliphatic rings. The number of methoxy groups -OCH3 is 1. The predicted octanol–water partition coefficient (Wildman–Crippen LogP) is 2.57. The van der Waals surface area contributed by atoms with E-state index in [-0.39, 0.29) is 11.9 Å². The molecule has 0 bridgehead atoms. The van der Waals surface area contributed by atoms with Crippen molar-refractivity contribution in [2.45, 2.75) is 44.7 Å². The van der Waals surface area contributed by atoms with Gasteiger partial charge in [-0.05, 0) is 57.0 Å². The summed E-state index contributed by atoms with van der Waals surface area (Å²) in [6.45, 7) is 3.13. The Morgan fingerprint density at radius 1 is 1.38 bits per heavy atom. The van der Waals surface area contributed by atoms with Gasteiger partial charge in [0.1, 0.15) is 17.2 Å². The minimum Gasteiger partial charge on any atom is -0.497 e. The number of nitrogens with zero attached hydrogens (tertiary/aromatic N) is 2. The SMILES string of the molecule is COc1cccc(C(=O)NC2CCc3onc(CN4CCCC4)c3C2)c1. The Morgan fingerprint density at radius 3 is 3.04 bits per heavy atom. The zero-order valence-electron chi connectivity index (χ0n) is 15.2. The normalized spacial score (nSPS) is 20.0. The molecule has 1 atom stereocenters. The summed E-state index contributed by atoms with van der Waals surface area (Å²) in [5.74, 6) is 1.62. The lowest BCUT2D eigenvalue weighted by Gasteiger charge is -2.23. The maximum absolute atomic E-state index is 12.6. The van der Waals surface area contributed by atoms with E-state index < -0.39 is 0 Å². The van der Waals surface area contributed by atoms with Crippen LogP contribution >= 0.6 is 0 Å². The number of amides is 1. The number of carbonyl (C=O) groups excluding carboxylic acids is 1. The lowest BCUT2D eigenvalue weighted by molar-refractivity contribution is 0.0932. The molecular weight excluding hydrogens is 330 g/mol. The number of benzene rings is 1. The minimum atomic E-state index is -0.0603. The van der Waals surface area contributed by atoms with E-state index >= 15 is 0 Å². The molecular formula is C20H25N3O3. The summed E-state index contributed by atoms with van der Waals surface area (Å²) in [6, 6.07) is 7.36. The Bertz CT molecular complexity index is 780. The van der Waals surface area contributed by atoms with Crippen LogP contribution in [0.4, 0.5) is 0 Å². The molecule has 4 rings (SSSR count). The highest BCUT2D eigenvalue weighted by Gasteiger charge is 2.28. The van der Waals surface area contributed by atoms with Crippen molar-refractivity contribution < 1.29 is 14.1 Å². The van der Waals surface area contributed by atoms with Crippen molar-refractivity contribution in [1.82, 2.24) is 15.4 Å². The molecule has 1 saturated heterocycles. The number of fused-ring (bicyclic) bond motifs is 1. The molecule has 0 spiro atoms. The molecule has 2 aromatic rings. The second kappa shape index (κ2) is 7.50. The first-order chi connectivity index (χ1) is 12.7. The Balaban J connectivity index is 1.42. The van der Waals surface area contributed by atoms with E-state index in [1.165, 1.54) is 18.4 Å². The van der Waals surface area contributed by atoms with Crippen molar-refractivity contribution in [3.8, 4) is 5.75 Å². The molecule has 1 aromatic heterocycles. The van der Waals surface area contributed by atoms with Crippen LogP contribution in [-0.2, 0) is 19.4 Å². The number of ether oxygens (including phenoxy) is 1. The monoisotopic (exact) mass is 355 g/mol. The molecule has 26 heavy (non-hydrogen) atoms. The molecule has 138 valence electrons. The van der Waals surface area contributed by atoms with E-state index in [1.807, 2.05) is 18.2 Å². The van der Waals surface area contributed by atoms with Gasteiger partial charge in [0.2, 0.25) is 0 Å². The van der Waals surface area contributed by atoms with Gasteiger partial charge in [0.05, 0.1) is 7.11 Å². The van der Waals surface area contributed by atoms with Gasteiger partial charge in [-0.2, -0.15) is 0 Å². The van der Waals surface area contributed by atoms with Crippen LogP contribution in [0.25, 0.3) is 0 Å². The van der Waals surface area contributed by atoms with E-state index in [0.29, 0.717) is 11.3 Å². The zero-order valence-corrected chi connectivity index (χ0v) is 15.2. The summed E-state index contributed by atoms with van der Waals surface area (Å²) in [6.07, 6.45) is 5.02. The van der Waals surface area contributed by atoms with Crippen molar-refractivity contribution in [3.63, 3.8) is 0 Å². The van der Waals surface area contributed by atoms with Crippen LogP contribution in [-0.4, -0.2) is 42.2 Å². The molecule has 1 aromatic carbocycles. The summed E-state index contributed by atoms with van der Waals surface area (Å²) in [5, 5.41) is 7.47. The number of aryl methyl sites for hydroxylation is 1. The highest BCUT2D eigenvalue weighted by Crippen LogP contribution is 2.26. The van der Waals surface area contributed by atoms with Crippen molar-refractivity contribution in [2.75, 3.05) is 20.2 Å². The molecule has 1 aliphatic heterocycles. The topological polar surface area (TPSA) is 67.6 Å². The average Bonchev–Trinajstić information content (AvgIpc) is 3.32. The van der Waals surface area contributed by atoms with Gasteiger partial charge in [-0.25, -0.2) is 0 Å². The average molecular weight is 355 g/mol. The van der Waals surface area contributed by atoms with E-state index in [9.17, 15) is 4.79 Å². The smallest absolute Gasteiger partial charge is 0.251 e. The summed E-state index contributed by atoms with van der Waals surface area (Å²) < 4.78 is 10.8. The van der Waals surface area contributed by atoms with E-state index in [0.717, 1.165) is 50.4 Å². The first-order valence-corrected chi connectivity index (χ1v) is 9.36. The predicted molar refractivity (Wildman–Crippen MR) is 97.3 cm³/mol. The second-order valence-corrected chi connectivity index (χ2v) is 7.16. The number of likely N-dealkylation sites (tertiary alicyclic amines) is 1. The Labute approximate surface area is 153 Å². The van der Waals surface area contributed by atoms with Crippen molar-refractivity contribution in [3.05, 3.63) is 46.8 Å². The molecule has 1 N–H and O–H groups in total. The quantitative estimate of drug-likeness (QED) is 0.893. The number of carbonyl (C=O) groups is 1. The lowest BCUT2D eigenvalue weighted by atomic mass is 9.91. The number of aromatic nitrogens is 1. The fourth-order valence-electron chi connectivity index (χ4n) is 3.90. The molecule has 0 radical (unpaired) electrons. The zero-order chi connectivity index (χ0) is 17.9. The first-order valence-electron chi connectivity index (χ1n) is 9.36. The van der Waals surface area contributed by atoms with Crippen molar-refractivity contribution in [2.24, 2.45) is 0 Å². The van der Waals surface area contributed by atoms with Crippen LogP contribution in [0.1, 0.15) is 46.6 Å². The van der Waals surface area contributed by atoms with Crippen LogP contribution in [0.2, 0.25) is 0 Å². The summed E-state index contributed by atoms with van der Waals surface area (Å²) in [7, 11) is 1.60. The van der Waals surface area contributed by atoms with Crippen molar-refractivity contribution in [1.29, 1.82) is 0 Å². The highest BCUT2D eigenvalue weighted by molar-refractivity contribution is 5.94. The molecule has 1 amide bonds. The highest BCUT2D eigenvalue weighted by atomic mass is 16.5. The largest absolute Gasteiger partial charge is 0.497 e. The minimum absolute atomic E-state index is 0.0603. The molecule has 1 aliphatic carbocycles. The fourth-order valence-corrected chi connectivity index (χ4v) is 3.90. The first kappa shape index (κ1) is 17.1. The van der Waals surface area contributed by atoms with Crippen LogP contribution in [0.15, 0.2) is 28.8 Å². The standard InChI is InChI=1S/C20H25N3O3/c1-25-16-6-4-5-14(11-16)20(24)21-15-7-8-19-17(12-15)18(22-26-19)13-23-9-2-3-10-23/h4-6,11,15H,2-3,7-10,12-13H2,1H3,(H,21,24). The number of rotatable bonds is 5. The van der Waals surface area contributed by atoms with Gasteiger partial charge in [0.15, 0.2) is 0 Å². The van der Waals surface area contributed by atoms with Gasteiger partial charge in [0.25, 0.3) is 5.91 Å². The van der Waals surface area contributed by atoms with Gasteiger partial charge in [-0.15, -0.1) is 0 Å². The van der Waals surface area contributed by atoms with Crippen LogP contribution in [0.5, 0.6) is 5.75 Å². The number of hydrogen-bond donors (Lipinski definition) is 1. The number of hydrogen-bond acceptors (Lipinski definition) is 5. The van der Waals surface area contributed by atoms with E-state index in [4.69, 9.17) is 9.26 Å². The third-order valence-corrected chi connectivity index (χ3v) is 5.36. The van der Waals surface area contributed by atoms with Crippen LogP contribution in [0.3, 0.4) is 0 Å². The molecule has 2 heterocycles. The Kier molecular flexibility index (Phi) is 4.93. The molecule has 6 heteroatoms. The summed E-state index contributed by atoms with van der Waals surface area (Å²) >= 11 is 0. The Morgan fingerprint density at radius 2 is 2.23 bits per heavy atom. The Hall–Kier alpha value is -2.34. The van der Waals surface area contributed by atoms with E-state index in [2.05, 4.69) is 15.4 Å². The molecule has 1 unspecified atom stereocenters. The van der Waals surface area contributed by atoms with Gasteiger partial charge < -0.3 is 14.6 Å². The van der Waals surface area contributed by atoms with Crippen LogP contribution in [0, 0.1) is 0 Å². The van der Waals surface area contributed by atoms with E-state index in [1.54, 1.807) is 13.2 Å². The maximum Gasteiger partial charge on any atom is 0.251 e. The van der Waals surface area contributed by atoms with Crippen molar-refractivity contribution >= 4 is 5.91 Å². The molecule has 0 saturated carbocycles. The third kappa shape index (κ3) is 3.60. The van der Waals surface area contributed by atoms with Gasteiger partial charge >= 0.3 is 0 Å². The summed E-state index contributed by atoms with van der Waals surface area (Å²) in [4.78, 5) is 15.0. The molecule has 6 nitrogen and oxygen atoms in total. The molecule has 1 fully saturated rings. The van der Waals surface area contributed by atoms with Gasteiger partial charge in [0, 0.05) is 30.1 Å².